The maximum absolute atomic E-state index is 12.2. The molecule has 5 heteroatoms. The first-order valence-electron chi connectivity index (χ1n) is 6.90. The third kappa shape index (κ3) is 3.62. The van der Waals surface area contributed by atoms with Crippen molar-refractivity contribution in [1.29, 1.82) is 0 Å². The van der Waals surface area contributed by atoms with Gasteiger partial charge >= 0.3 is 12.0 Å². The number of hydrogen-bond donors (Lipinski definition) is 2. The highest BCUT2D eigenvalue weighted by atomic mass is 16.4. The molecule has 2 aliphatic carbocycles. The van der Waals surface area contributed by atoms with E-state index in [1.807, 2.05) is 4.90 Å². The van der Waals surface area contributed by atoms with Crippen LogP contribution < -0.4 is 5.32 Å². The van der Waals surface area contributed by atoms with Gasteiger partial charge in [-0.05, 0) is 38.0 Å². The van der Waals surface area contributed by atoms with Gasteiger partial charge in [0.1, 0.15) is 0 Å². The molecule has 1 atom stereocenters. The highest BCUT2D eigenvalue weighted by Crippen LogP contribution is 2.34. The second-order valence-corrected chi connectivity index (χ2v) is 5.42. The Bertz CT molecular complexity index is 324. The zero-order valence-corrected chi connectivity index (χ0v) is 10.9. The first kappa shape index (κ1) is 13.2. The zero-order chi connectivity index (χ0) is 13.1. The summed E-state index contributed by atoms with van der Waals surface area (Å²) in [5.41, 5.74) is 0. The fourth-order valence-electron chi connectivity index (χ4n) is 2.34. The van der Waals surface area contributed by atoms with Crippen molar-refractivity contribution in [2.45, 2.75) is 57.5 Å². The Morgan fingerprint density at radius 1 is 1.33 bits per heavy atom. The number of rotatable bonds is 7. The molecule has 0 aromatic carbocycles. The van der Waals surface area contributed by atoms with E-state index in [4.69, 9.17) is 5.11 Å². The number of urea groups is 1. The number of amides is 2. The van der Waals surface area contributed by atoms with E-state index in [9.17, 15) is 9.59 Å². The van der Waals surface area contributed by atoms with E-state index in [0.29, 0.717) is 12.0 Å². The van der Waals surface area contributed by atoms with Crippen LogP contribution in [0.15, 0.2) is 0 Å². The maximum atomic E-state index is 12.2. The molecule has 18 heavy (non-hydrogen) atoms. The minimum atomic E-state index is -0.833. The zero-order valence-electron chi connectivity index (χ0n) is 10.9. The SMILES string of the molecule is CCCN(C(=O)NC(CC(=O)O)C1CC1)C1CC1. The van der Waals surface area contributed by atoms with Gasteiger partial charge in [0, 0.05) is 18.6 Å². The molecule has 102 valence electrons. The lowest BCUT2D eigenvalue weighted by atomic mass is 10.1. The van der Waals surface area contributed by atoms with Gasteiger partial charge in [0.15, 0.2) is 0 Å². The van der Waals surface area contributed by atoms with Crippen molar-refractivity contribution >= 4 is 12.0 Å². The Hall–Kier alpha value is -1.26. The Labute approximate surface area is 108 Å². The normalized spacial score (nSPS) is 20.3. The van der Waals surface area contributed by atoms with E-state index in [1.165, 1.54) is 0 Å². The van der Waals surface area contributed by atoms with Crippen molar-refractivity contribution in [2.75, 3.05) is 6.54 Å². The molecular formula is C13H22N2O3. The molecule has 2 saturated carbocycles. The molecule has 2 rings (SSSR count). The lowest BCUT2D eigenvalue weighted by Gasteiger charge is -2.25. The van der Waals surface area contributed by atoms with Crippen LogP contribution in [0, 0.1) is 5.92 Å². The Morgan fingerprint density at radius 3 is 2.44 bits per heavy atom. The molecule has 2 amide bonds. The molecule has 0 bridgehead atoms. The molecule has 0 spiro atoms. The second kappa shape index (κ2) is 5.59. The smallest absolute Gasteiger partial charge is 0.317 e. The van der Waals surface area contributed by atoms with Gasteiger partial charge in [-0.2, -0.15) is 0 Å². The van der Waals surface area contributed by atoms with Crippen LogP contribution >= 0.6 is 0 Å². The first-order valence-corrected chi connectivity index (χ1v) is 6.90. The maximum Gasteiger partial charge on any atom is 0.317 e. The molecule has 0 aromatic heterocycles. The van der Waals surface area contributed by atoms with E-state index in [1.54, 1.807) is 0 Å². The fourth-order valence-corrected chi connectivity index (χ4v) is 2.34. The van der Waals surface area contributed by atoms with Crippen molar-refractivity contribution in [3.63, 3.8) is 0 Å². The molecule has 2 aliphatic rings. The summed E-state index contributed by atoms with van der Waals surface area (Å²) in [5, 5.41) is 11.8. The van der Waals surface area contributed by atoms with Gasteiger partial charge in [-0.3, -0.25) is 4.79 Å². The van der Waals surface area contributed by atoms with Crippen molar-refractivity contribution in [2.24, 2.45) is 5.92 Å². The van der Waals surface area contributed by atoms with E-state index in [2.05, 4.69) is 12.2 Å². The summed E-state index contributed by atoms with van der Waals surface area (Å²) in [4.78, 5) is 24.8. The Morgan fingerprint density at radius 2 is 2.00 bits per heavy atom. The molecular weight excluding hydrogens is 232 g/mol. The molecule has 5 nitrogen and oxygen atoms in total. The van der Waals surface area contributed by atoms with Gasteiger partial charge in [-0.15, -0.1) is 0 Å². The number of carboxylic acids is 1. The summed E-state index contributed by atoms with van der Waals surface area (Å²) in [6, 6.07) is 0.125. The number of nitrogens with one attached hydrogen (secondary N) is 1. The largest absolute Gasteiger partial charge is 0.481 e. The van der Waals surface area contributed by atoms with Crippen LogP contribution in [0.25, 0.3) is 0 Å². The van der Waals surface area contributed by atoms with Crippen LogP contribution in [0.3, 0.4) is 0 Å². The first-order chi connectivity index (χ1) is 8.61. The second-order valence-electron chi connectivity index (χ2n) is 5.42. The predicted octanol–water partition coefficient (Wildman–Crippen LogP) is 1.82. The standard InChI is InChI=1S/C13H22N2O3/c1-2-7-15(10-5-6-10)13(18)14-11(8-12(16)17)9-3-4-9/h9-11H,2-8H2,1H3,(H,14,18)(H,16,17). The predicted molar refractivity (Wildman–Crippen MR) is 67.3 cm³/mol. The number of carbonyl (C=O) groups is 2. The topological polar surface area (TPSA) is 69.6 Å². The van der Waals surface area contributed by atoms with Gasteiger partial charge in [-0.1, -0.05) is 6.92 Å². The summed E-state index contributed by atoms with van der Waals surface area (Å²) < 4.78 is 0. The summed E-state index contributed by atoms with van der Waals surface area (Å²) in [6.45, 7) is 2.82. The van der Waals surface area contributed by atoms with Crippen LogP contribution in [-0.4, -0.2) is 40.6 Å². The van der Waals surface area contributed by atoms with Crippen LogP contribution in [0.4, 0.5) is 4.79 Å². The van der Waals surface area contributed by atoms with Crippen molar-refractivity contribution < 1.29 is 14.7 Å². The lowest BCUT2D eigenvalue weighted by molar-refractivity contribution is -0.137. The van der Waals surface area contributed by atoms with E-state index < -0.39 is 5.97 Å². The van der Waals surface area contributed by atoms with Crippen LogP contribution in [-0.2, 0) is 4.79 Å². The Kier molecular flexibility index (Phi) is 4.09. The van der Waals surface area contributed by atoms with Gasteiger partial charge < -0.3 is 15.3 Å². The molecule has 0 saturated heterocycles. The number of nitrogens with zero attached hydrogens (tertiary/aromatic N) is 1. The number of hydrogen-bond acceptors (Lipinski definition) is 2. The van der Waals surface area contributed by atoms with Crippen molar-refractivity contribution in [3.05, 3.63) is 0 Å². The molecule has 0 radical (unpaired) electrons. The fraction of sp³-hybridized carbons (Fsp3) is 0.846. The highest BCUT2D eigenvalue weighted by molar-refractivity contribution is 5.76. The summed E-state index contributed by atoms with van der Waals surface area (Å²) in [7, 11) is 0. The van der Waals surface area contributed by atoms with Gasteiger partial charge in [0.25, 0.3) is 0 Å². The van der Waals surface area contributed by atoms with Crippen molar-refractivity contribution in [3.8, 4) is 0 Å². The molecule has 0 aromatic rings. The quantitative estimate of drug-likeness (QED) is 0.728. The number of carbonyl (C=O) groups excluding carboxylic acids is 1. The highest BCUT2D eigenvalue weighted by Gasteiger charge is 2.37. The average molecular weight is 254 g/mol. The summed E-state index contributed by atoms with van der Waals surface area (Å²) in [6.07, 6.45) is 5.23. The molecule has 0 aliphatic heterocycles. The third-order valence-corrected chi connectivity index (χ3v) is 3.61. The molecule has 2 fully saturated rings. The molecule has 2 N–H and O–H groups in total. The van der Waals surface area contributed by atoms with E-state index in [-0.39, 0.29) is 18.5 Å². The molecule has 0 heterocycles. The Balaban J connectivity index is 1.88. The van der Waals surface area contributed by atoms with E-state index >= 15 is 0 Å². The monoisotopic (exact) mass is 254 g/mol. The summed E-state index contributed by atoms with van der Waals surface area (Å²) >= 11 is 0. The molecule has 1 unspecified atom stereocenters. The van der Waals surface area contributed by atoms with Gasteiger partial charge in [0.05, 0.1) is 6.42 Å². The number of carboxylic acid groups (broad SMARTS) is 1. The van der Waals surface area contributed by atoms with Crippen LogP contribution in [0.2, 0.25) is 0 Å². The minimum Gasteiger partial charge on any atom is -0.481 e. The average Bonchev–Trinajstić information content (AvgIpc) is 3.17. The van der Waals surface area contributed by atoms with Gasteiger partial charge in [-0.25, -0.2) is 4.79 Å². The third-order valence-electron chi connectivity index (χ3n) is 3.61. The lowest BCUT2D eigenvalue weighted by Crippen LogP contribution is -2.47. The van der Waals surface area contributed by atoms with Crippen LogP contribution in [0.5, 0.6) is 0 Å². The van der Waals surface area contributed by atoms with E-state index in [0.717, 1.165) is 38.6 Å². The van der Waals surface area contributed by atoms with Crippen LogP contribution in [0.1, 0.15) is 45.4 Å². The van der Waals surface area contributed by atoms with Gasteiger partial charge in [0.2, 0.25) is 0 Å². The summed E-state index contributed by atoms with van der Waals surface area (Å²) in [5.74, 6) is -0.464. The number of aliphatic carboxylic acids is 1. The van der Waals surface area contributed by atoms with Crippen molar-refractivity contribution in [1.82, 2.24) is 10.2 Å². The minimum absolute atomic E-state index is 0.0427.